The molecule has 0 aromatic heterocycles. The first-order valence-electron chi connectivity index (χ1n) is 9.54. The van der Waals surface area contributed by atoms with Gasteiger partial charge in [0.05, 0.1) is 4.92 Å². The van der Waals surface area contributed by atoms with Gasteiger partial charge in [0, 0.05) is 43.1 Å². The molecule has 1 fully saturated rings. The smallest absolute Gasteiger partial charge is 0.285 e. The molecule has 28 heavy (non-hydrogen) atoms. The van der Waals surface area contributed by atoms with Gasteiger partial charge in [0.15, 0.2) is 0 Å². The number of carbonyl (C=O) groups excluding carboxylic acids is 1. The number of nitro benzene ring substituents is 1. The van der Waals surface area contributed by atoms with Crippen LogP contribution in [-0.4, -0.2) is 48.5 Å². The molecule has 1 saturated heterocycles. The molecule has 0 spiro atoms. The molecule has 2 aromatic rings. The van der Waals surface area contributed by atoms with Crippen LogP contribution in [-0.2, 0) is 0 Å². The Labute approximate surface area is 165 Å². The van der Waals surface area contributed by atoms with Crippen molar-refractivity contribution in [3.05, 3.63) is 63.2 Å². The van der Waals surface area contributed by atoms with Gasteiger partial charge in [-0.15, -0.1) is 0 Å². The molecule has 148 valence electrons. The fourth-order valence-electron chi connectivity index (χ4n) is 3.58. The number of nitrogens with zero attached hydrogens (tertiary/aromatic N) is 3. The predicted octanol–water partition coefficient (Wildman–Crippen LogP) is 3.61. The Balaban J connectivity index is 1.76. The highest BCUT2D eigenvalue weighted by molar-refractivity contribution is 6.07. The van der Waals surface area contributed by atoms with Gasteiger partial charge in [-0.1, -0.05) is 19.1 Å². The van der Waals surface area contributed by atoms with E-state index in [2.05, 4.69) is 28.1 Å². The van der Waals surface area contributed by atoms with Gasteiger partial charge in [0.1, 0.15) is 5.56 Å². The van der Waals surface area contributed by atoms with Gasteiger partial charge in [-0.05, 0) is 50.2 Å². The quantitative estimate of drug-likeness (QED) is 0.631. The van der Waals surface area contributed by atoms with Gasteiger partial charge in [-0.3, -0.25) is 14.9 Å². The third kappa shape index (κ3) is 4.14. The van der Waals surface area contributed by atoms with E-state index in [1.54, 1.807) is 19.1 Å². The number of aryl methyl sites for hydroxylation is 2. The highest BCUT2D eigenvalue weighted by Crippen LogP contribution is 2.27. The molecule has 1 amide bonds. The first-order valence-corrected chi connectivity index (χ1v) is 9.54. The van der Waals surface area contributed by atoms with Crippen molar-refractivity contribution in [2.45, 2.75) is 20.8 Å². The molecule has 1 aliphatic heterocycles. The molecule has 0 atom stereocenters. The molecule has 2 aromatic carbocycles. The maximum Gasteiger partial charge on any atom is 0.285 e. The van der Waals surface area contributed by atoms with Gasteiger partial charge in [-0.25, -0.2) is 0 Å². The Morgan fingerprint density at radius 2 is 1.82 bits per heavy atom. The summed E-state index contributed by atoms with van der Waals surface area (Å²) in [6, 6.07) is 10.7. The van der Waals surface area contributed by atoms with Crippen molar-refractivity contribution < 1.29 is 9.72 Å². The van der Waals surface area contributed by atoms with Gasteiger partial charge < -0.3 is 15.1 Å². The van der Waals surface area contributed by atoms with Gasteiger partial charge in [0.2, 0.25) is 0 Å². The van der Waals surface area contributed by atoms with Gasteiger partial charge in [0.25, 0.3) is 11.6 Å². The van der Waals surface area contributed by atoms with E-state index < -0.39 is 10.8 Å². The number of anilines is 2. The van der Waals surface area contributed by atoms with Crippen LogP contribution in [0, 0.1) is 24.0 Å². The third-order valence-electron chi connectivity index (χ3n) is 5.31. The van der Waals surface area contributed by atoms with Crippen molar-refractivity contribution in [3.63, 3.8) is 0 Å². The van der Waals surface area contributed by atoms with E-state index in [0.29, 0.717) is 11.3 Å². The average molecular weight is 382 g/mol. The van der Waals surface area contributed by atoms with Crippen LogP contribution in [0.4, 0.5) is 17.1 Å². The fourth-order valence-corrected chi connectivity index (χ4v) is 3.58. The molecule has 7 heteroatoms. The molecule has 0 saturated carbocycles. The van der Waals surface area contributed by atoms with E-state index in [1.807, 2.05) is 19.1 Å². The molecule has 0 radical (unpaired) electrons. The number of hydrogen-bond donors (Lipinski definition) is 1. The highest BCUT2D eigenvalue weighted by atomic mass is 16.6. The Morgan fingerprint density at radius 3 is 2.43 bits per heavy atom. The van der Waals surface area contributed by atoms with Crippen molar-refractivity contribution in [1.29, 1.82) is 0 Å². The zero-order chi connectivity index (χ0) is 20.3. The number of amides is 1. The Morgan fingerprint density at radius 1 is 1.11 bits per heavy atom. The summed E-state index contributed by atoms with van der Waals surface area (Å²) in [5.74, 6) is -0.470. The van der Waals surface area contributed by atoms with Crippen LogP contribution in [0.1, 0.15) is 28.4 Å². The second-order valence-electron chi connectivity index (χ2n) is 7.10. The molecule has 7 nitrogen and oxygen atoms in total. The number of likely N-dealkylation sites (N-methyl/N-ethyl adjacent to an activating group) is 1. The molecule has 1 heterocycles. The van der Waals surface area contributed by atoms with E-state index in [0.717, 1.165) is 44.0 Å². The fraction of sp³-hybridized carbons (Fsp3) is 0.381. The summed E-state index contributed by atoms with van der Waals surface area (Å²) in [5.41, 5.74) is 3.12. The lowest BCUT2D eigenvalue weighted by Crippen LogP contribution is -2.46. The largest absolute Gasteiger partial charge is 0.369 e. The summed E-state index contributed by atoms with van der Waals surface area (Å²) >= 11 is 0. The minimum Gasteiger partial charge on any atom is -0.369 e. The second kappa shape index (κ2) is 8.39. The number of piperazine rings is 1. The van der Waals surface area contributed by atoms with Crippen molar-refractivity contribution in [3.8, 4) is 0 Å². The van der Waals surface area contributed by atoms with Crippen molar-refractivity contribution in [1.82, 2.24) is 4.90 Å². The summed E-state index contributed by atoms with van der Waals surface area (Å²) in [4.78, 5) is 28.3. The minimum absolute atomic E-state index is 0.0733. The van der Waals surface area contributed by atoms with Crippen molar-refractivity contribution in [2.24, 2.45) is 0 Å². The normalized spacial score (nSPS) is 14.8. The molecule has 0 aliphatic carbocycles. The number of para-hydroxylation sites is 1. The van der Waals surface area contributed by atoms with E-state index in [9.17, 15) is 14.9 Å². The van der Waals surface area contributed by atoms with E-state index in [4.69, 9.17) is 0 Å². The monoisotopic (exact) mass is 382 g/mol. The lowest BCUT2D eigenvalue weighted by Gasteiger charge is -2.35. The maximum absolute atomic E-state index is 12.7. The number of rotatable bonds is 5. The Hall–Kier alpha value is -2.93. The molecular formula is C21H26N4O3. The minimum atomic E-state index is -0.504. The van der Waals surface area contributed by atoms with Crippen LogP contribution in [0.5, 0.6) is 0 Å². The average Bonchev–Trinajstić information content (AvgIpc) is 2.69. The van der Waals surface area contributed by atoms with Crippen LogP contribution >= 0.6 is 0 Å². The first-order chi connectivity index (χ1) is 13.4. The van der Waals surface area contributed by atoms with E-state index >= 15 is 0 Å². The Bertz CT molecular complexity index is 889. The van der Waals surface area contributed by atoms with Crippen LogP contribution in [0.3, 0.4) is 0 Å². The molecule has 0 unspecified atom stereocenters. The summed E-state index contributed by atoms with van der Waals surface area (Å²) in [5, 5.41) is 14.2. The van der Waals surface area contributed by atoms with Crippen LogP contribution in [0.2, 0.25) is 0 Å². The number of benzene rings is 2. The van der Waals surface area contributed by atoms with Crippen LogP contribution in [0.25, 0.3) is 0 Å². The lowest BCUT2D eigenvalue weighted by molar-refractivity contribution is -0.385. The zero-order valence-corrected chi connectivity index (χ0v) is 16.6. The number of nitrogens with one attached hydrogen (secondary N) is 1. The summed E-state index contributed by atoms with van der Waals surface area (Å²) in [6.45, 7) is 10.9. The first kappa shape index (κ1) is 19.8. The summed E-state index contributed by atoms with van der Waals surface area (Å²) in [7, 11) is 0. The van der Waals surface area contributed by atoms with Crippen molar-refractivity contribution in [2.75, 3.05) is 42.9 Å². The van der Waals surface area contributed by atoms with Gasteiger partial charge in [-0.2, -0.15) is 0 Å². The molecule has 1 N–H and O–H groups in total. The number of carbonyl (C=O) groups is 1. The van der Waals surface area contributed by atoms with E-state index in [-0.39, 0.29) is 11.3 Å². The van der Waals surface area contributed by atoms with Crippen LogP contribution in [0.15, 0.2) is 36.4 Å². The second-order valence-corrected chi connectivity index (χ2v) is 7.10. The number of nitro groups is 1. The summed E-state index contributed by atoms with van der Waals surface area (Å²) in [6.07, 6.45) is 0. The molecular weight excluding hydrogens is 356 g/mol. The molecule has 0 bridgehead atoms. The zero-order valence-electron chi connectivity index (χ0n) is 16.6. The van der Waals surface area contributed by atoms with Gasteiger partial charge >= 0.3 is 0 Å². The topological polar surface area (TPSA) is 78.7 Å². The molecule has 1 aliphatic rings. The standard InChI is InChI=1S/C21H26N4O3/c1-4-23-10-12-24(13-11-23)17-8-9-19(16(3)14-17)22-21(26)18-7-5-6-15(2)20(18)25(27)28/h5-9,14H,4,10-13H2,1-3H3,(H,22,26). The van der Waals surface area contributed by atoms with E-state index in [1.165, 1.54) is 6.07 Å². The lowest BCUT2D eigenvalue weighted by atomic mass is 10.1. The Kier molecular flexibility index (Phi) is 5.94. The predicted molar refractivity (Wildman–Crippen MR) is 111 cm³/mol. The van der Waals surface area contributed by atoms with Crippen molar-refractivity contribution >= 4 is 23.0 Å². The number of hydrogen-bond acceptors (Lipinski definition) is 5. The maximum atomic E-state index is 12.7. The summed E-state index contributed by atoms with van der Waals surface area (Å²) < 4.78 is 0. The molecule has 3 rings (SSSR count). The van der Waals surface area contributed by atoms with Crippen LogP contribution < -0.4 is 10.2 Å². The SMILES string of the molecule is CCN1CCN(c2ccc(NC(=O)c3cccc(C)c3[N+](=O)[O-])c(C)c2)CC1. The highest BCUT2D eigenvalue weighted by Gasteiger charge is 2.23. The third-order valence-corrected chi connectivity index (χ3v) is 5.31.